The smallest absolute Gasteiger partial charge is 0.251 e. The Morgan fingerprint density at radius 2 is 1.73 bits per heavy atom. The van der Waals surface area contributed by atoms with Crippen LogP contribution < -0.4 is 10.6 Å². The average molecular weight is 431 g/mol. The normalized spacial score (nSPS) is 11.6. The van der Waals surface area contributed by atoms with Crippen LogP contribution in [0.15, 0.2) is 59.1 Å². The van der Waals surface area contributed by atoms with E-state index in [4.69, 9.17) is 0 Å². The Morgan fingerprint density at radius 1 is 1.04 bits per heavy atom. The summed E-state index contributed by atoms with van der Waals surface area (Å²) in [6.45, 7) is 1.62. The number of aromatic nitrogens is 2. The molecule has 0 aliphatic carbocycles. The van der Waals surface area contributed by atoms with Crippen molar-refractivity contribution in [3.8, 4) is 10.6 Å². The van der Waals surface area contributed by atoms with E-state index in [1.54, 1.807) is 31.2 Å². The molecule has 0 saturated heterocycles. The highest BCUT2D eigenvalue weighted by molar-refractivity contribution is 9.10. The third-order valence-corrected chi connectivity index (χ3v) is 4.94. The Hall–Kier alpha value is -2.58. The summed E-state index contributed by atoms with van der Waals surface area (Å²) in [5.74, 6) is -0.673. The van der Waals surface area contributed by atoms with Crippen LogP contribution >= 0.6 is 27.3 Å². The fourth-order valence-corrected chi connectivity index (χ4v) is 3.15. The average Bonchev–Trinajstić information content (AvgIpc) is 3.11. The number of carbonyl (C=O) groups excluding carboxylic acids is 2. The van der Waals surface area contributed by atoms with E-state index >= 15 is 0 Å². The summed E-state index contributed by atoms with van der Waals surface area (Å²) in [5.41, 5.74) is 1.41. The fourth-order valence-electron chi connectivity index (χ4n) is 2.13. The SMILES string of the molecule is CC(NC(=O)c1ccc(Br)cc1)C(=O)Nc1nnc(-c2ccccc2)s1. The monoisotopic (exact) mass is 430 g/mol. The minimum absolute atomic E-state index is 0.317. The van der Waals surface area contributed by atoms with Gasteiger partial charge in [0.05, 0.1) is 0 Å². The summed E-state index contributed by atoms with van der Waals surface area (Å²) in [7, 11) is 0. The quantitative estimate of drug-likeness (QED) is 0.645. The lowest BCUT2D eigenvalue weighted by Crippen LogP contribution is -2.41. The Labute approximate surface area is 162 Å². The molecule has 0 saturated carbocycles. The molecule has 2 aromatic carbocycles. The van der Waals surface area contributed by atoms with E-state index in [1.807, 2.05) is 30.3 Å². The molecule has 3 rings (SSSR count). The van der Waals surface area contributed by atoms with Gasteiger partial charge in [-0.3, -0.25) is 14.9 Å². The van der Waals surface area contributed by atoms with Crippen LogP contribution in [-0.2, 0) is 4.79 Å². The van der Waals surface area contributed by atoms with Crippen LogP contribution in [-0.4, -0.2) is 28.1 Å². The van der Waals surface area contributed by atoms with Crippen LogP contribution in [0, 0.1) is 0 Å². The number of nitrogens with zero attached hydrogens (tertiary/aromatic N) is 2. The van der Waals surface area contributed by atoms with E-state index in [0.29, 0.717) is 15.7 Å². The zero-order chi connectivity index (χ0) is 18.5. The number of anilines is 1. The van der Waals surface area contributed by atoms with E-state index in [-0.39, 0.29) is 11.8 Å². The Morgan fingerprint density at radius 3 is 2.42 bits per heavy atom. The molecule has 1 unspecified atom stereocenters. The molecule has 1 aromatic heterocycles. The van der Waals surface area contributed by atoms with Crippen LogP contribution in [0.5, 0.6) is 0 Å². The number of carbonyl (C=O) groups is 2. The van der Waals surface area contributed by atoms with Crippen molar-refractivity contribution in [2.45, 2.75) is 13.0 Å². The lowest BCUT2D eigenvalue weighted by Gasteiger charge is -2.12. The Kier molecular flexibility index (Phi) is 5.75. The molecular weight excluding hydrogens is 416 g/mol. The number of benzene rings is 2. The van der Waals surface area contributed by atoms with Crippen molar-refractivity contribution in [3.63, 3.8) is 0 Å². The summed E-state index contributed by atoms with van der Waals surface area (Å²) in [6.07, 6.45) is 0. The van der Waals surface area contributed by atoms with Gasteiger partial charge in [0.15, 0.2) is 0 Å². The Balaban J connectivity index is 1.60. The second kappa shape index (κ2) is 8.20. The largest absolute Gasteiger partial charge is 0.341 e. The van der Waals surface area contributed by atoms with E-state index in [9.17, 15) is 9.59 Å². The topological polar surface area (TPSA) is 84.0 Å². The van der Waals surface area contributed by atoms with Crippen LogP contribution in [0.25, 0.3) is 10.6 Å². The fraction of sp³-hybridized carbons (Fsp3) is 0.111. The third-order valence-electron chi connectivity index (χ3n) is 3.52. The molecule has 0 bridgehead atoms. The molecule has 2 amide bonds. The zero-order valence-corrected chi connectivity index (χ0v) is 16.2. The highest BCUT2D eigenvalue weighted by Crippen LogP contribution is 2.25. The van der Waals surface area contributed by atoms with E-state index in [2.05, 4.69) is 36.8 Å². The molecule has 0 fully saturated rings. The number of hydrogen-bond donors (Lipinski definition) is 2. The Bertz CT molecular complexity index is 912. The van der Waals surface area contributed by atoms with Gasteiger partial charge in [-0.15, -0.1) is 10.2 Å². The number of hydrogen-bond acceptors (Lipinski definition) is 5. The number of amides is 2. The predicted octanol–water partition coefficient (Wildman–Crippen LogP) is 3.72. The van der Waals surface area contributed by atoms with Crippen molar-refractivity contribution in [1.29, 1.82) is 0 Å². The first kappa shape index (κ1) is 18.2. The van der Waals surface area contributed by atoms with Crippen molar-refractivity contribution in [2.24, 2.45) is 0 Å². The molecule has 1 atom stereocenters. The number of halogens is 1. The molecule has 8 heteroatoms. The first-order valence-corrected chi connectivity index (χ1v) is 9.40. The molecule has 3 aromatic rings. The van der Waals surface area contributed by atoms with Gasteiger partial charge >= 0.3 is 0 Å². The van der Waals surface area contributed by atoms with E-state index in [1.165, 1.54) is 11.3 Å². The highest BCUT2D eigenvalue weighted by atomic mass is 79.9. The van der Waals surface area contributed by atoms with Crippen LogP contribution in [0.4, 0.5) is 5.13 Å². The molecule has 26 heavy (non-hydrogen) atoms. The lowest BCUT2D eigenvalue weighted by atomic mass is 10.2. The van der Waals surface area contributed by atoms with Gasteiger partial charge in [0, 0.05) is 15.6 Å². The third kappa shape index (κ3) is 4.53. The van der Waals surface area contributed by atoms with Gasteiger partial charge in [-0.25, -0.2) is 0 Å². The molecule has 0 radical (unpaired) electrons. The van der Waals surface area contributed by atoms with Gasteiger partial charge in [-0.1, -0.05) is 57.6 Å². The number of rotatable bonds is 5. The van der Waals surface area contributed by atoms with Gasteiger partial charge in [0.1, 0.15) is 11.0 Å². The predicted molar refractivity (Wildman–Crippen MR) is 105 cm³/mol. The summed E-state index contributed by atoms with van der Waals surface area (Å²) >= 11 is 4.59. The maximum atomic E-state index is 12.3. The molecule has 132 valence electrons. The van der Waals surface area contributed by atoms with Crippen molar-refractivity contribution in [1.82, 2.24) is 15.5 Å². The standard InChI is InChI=1S/C18H15BrN4O2S/c1-11(20-16(25)12-7-9-14(19)10-8-12)15(24)21-18-23-22-17(26-18)13-5-3-2-4-6-13/h2-11H,1H3,(H,20,25)(H,21,23,24). The van der Waals surface area contributed by atoms with Crippen molar-refractivity contribution in [3.05, 3.63) is 64.6 Å². The summed E-state index contributed by atoms with van der Waals surface area (Å²) < 4.78 is 0.880. The summed E-state index contributed by atoms with van der Waals surface area (Å²) in [6, 6.07) is 15.8. The van der Waals surface area contributed by atoms with Crippen LogP contribution in [0.3, 0.4) is 0 Å². The lowest BCUT2D eigenvalue weighted by molar-refractivity contribution is -0.117. The van der Waals surface area contributed by atoms with Gasteiger partial charge in [0.2, 0.25) is 11.0 Å². The minimum Gasteiger partial charge on any atom is -0.341 e. The van der Waals surface area contributed by atoms with Crippen molar-refractivity contribution >= 4 is 44.2 Å². The van der Waals surface area contributed by atoms with Gasteiger partial charge in [-0.05, 0) is 31.2 Å². The summed E-state index contributed by atoms with van der Waals surface area (Å²) in [5, 5.41) is 14.5. The van der Waals surface area contributed by atoms with Crippen LogP contribution in [0.1, 0.15) is 17.3 Å². The zero-order valence-electron chi connectivity index (χ0n) is 13.8. The first-order chi connectivity index (χ1) is 12.5. The van der Waals surface area contributed by atoms with Gasteiger partial charge in [0.25, 0.3) is 5.91 Å². The van der Waals surface area contributed by atoms with Gasteiger partial charge in [-0.2, -0.15) is 0 Å². The molecule has 2 N–H and O–H groups in total. The molecule has 0 aliphatic heterocycles. The highest BCUT2D eigenvalue weighted by Gasteiger charge is 2.18. The second-order valence-corrected chi connectivity index (χ2v) is 7.36. The first-order valence-electron chi connectivity index (χ1n) is 7.79. The molecule has 1 heterocycles. The maximum absolute atomic E-state index is 12.3. The van der Waals surface area contributed by atoms with Gasteiger partial charge < -0.3 is 5.32 Å². The molecule has 0 spiro atoms. The second-order valence-electron chi connectivity index (χ2n) is 5.47. The molecule has 0 aliphatic rings. The van der Waals surface area contributed by atoms with E-state index in [0.717, 1.165) is 10.0 Å². The minimum atomic E-state index is -0.713. The maximum Gasteiger partial charge on any atom is 0.251 e. The van der Waals surface area contributed by atoms with Crippen LogP contribution in [0.2, 0.25) is 0 Å². The molecule has 6 nitrogen and oxygen atoms in total. The van der Waals surface area contributed by atoms with E-state index < -0.39 is 6.04 Å². The van der Waals surface area contributed by atoms with Crippen molar-refractivity contribution < 1.29 is 9.59 Å². The number of nitrogens with one attached hydrogen (secondary N) is 2. The molecular formula is C18H15BrN4O2S. The summed E-state index contributed by atoms with van der Waals surface area (Å²) in [4.78, 5) is 24.5. The van der Waals surface area contributed by atoms with Crippen molar-refractivity contribution in [2.75, 3.05) is 5.32 Å².